The zero-order valence-electron chi connectivity index (χ0n) is 9.46. The van der Waals surface area contributed by atoms with E-state index in [-0.39, 0.29) is 5.75 Å². The summed E-state index contributed by atoms with van der Waals surface area (Å²) < 4.78 is 1.90. The second-order valence-electron chi connectivity index (χ2n) is 4.11. The van der Waals surface area contributed by atoms with Crippen molar-refractivity contribution in [2.24, 2.45) is 0 Å². The minimum absolute atomic E-state index is 0.261. The van der Waals surface area contributed by atoms with Gasteiger partial charge in [-0.1, -0.05) is 12.1 Å². The average Bonchev–Trinajstić information content (AvgIpc) is 2.76. The highest BCUT2D eigenvalue weighted by Crippen LogP contribution is 2.25. The van der Waals surface area contributed by atoms with E-state index in [1.807, 2.05) is 54.2 Å². The van der Waals surface area contributed by atoms with Crippen molar-refractivity contribution >= 4 is 10.9 Å². The Hall–Kier alpha value is -2.29. The Labute approximate surface area is 99.0 Å². The zero-order chi connectivity index (χ0) is 11.8. The van der Waals surface area contributed by atoms with Gasteiger partial charge in [-0.05, 0) is 30.7 Å². The molecule has 3 heteroatoms. The van der Waals surface area contributed by atoms with Crippen molar-refractivity contribution < 1.29 is 5.11 Å². The number of aryl methyl sites for hydroxylation is 1. The summed E-state index contributed by atoms with van der Waals surface area (Å²) >= 11 is 0. The SMILES string of the molecule is Cc1ccn(-c2cc(O)c3ccccc3n2)c1. The quantitative estimate of drug-likeness (QED) is 0.690. The third-order valence-corrected chi connectivity index (χ3v) is 2.79. The highest BCUT2D eigenvalue weighted by molar-refractivity contribution is 5.85. The Morgan fingerprint density at radius 1 is 1.18 bits per heavy atom. The number of aromatic hydroxyl groups is 1. The predicted molar refractivity (Wildman–Crippen MR) is 67.5 cm³/mol. The summed E-state index contributed by atoms with van der Waals surface area (Å²) in [7, 11) is 0. The van der Waals surface area contributed by atoms with E-state index in [9.17, 15) is 5.11 Å². The predicted octanol–water partition coefficient (Wildman–Crippen LogP) is 3.04. The number of pyridine rings is 1. The first-order valence-corrected chi connectivity index (χ1v) is 5.48. The van der Waals surface area contributed by atoms with Gasteiger partial charge in [-0.2, -0.15) is 0 Å². The molecule has 1 aromatic carbocycles. The smallest absolute Gasteiger partial charge is 0.141 e. The van der Waals surface area contributed by atoms with Crippen LogP contribution in [0.3, 0.4) is 0 Å². The third kappa shape index (κ3) is 1.65. The van der Waals surface area contributed by atoms with Crippen LogP contribution in [0.1, 0.15) is 5.56 Å². The lowest BCUT2D eigenvalue weighted by Gasteiger charge is -2.06. The highest BCUT2D eigenvalue weighted by atomic mass is 16.3. The van der Waals surface area contributed by atoms with Crippen LogP contribution in [0, 0.1) is 6.92 Å². The van der Waals surface area contributed by atoms with Crippen molar-refractivity contribution in [3.63, 3.8) is 0 Å². The van der Waals surface area contributed by atoms with E-state index < -0.39 is 0 Å². The second-order valence-corrected chi connectivity index (χ2v) is 4.11. The average molecular weight is 224 g/mol. The fourth-order valence-corrected chi connectivity index (χ4v) is 1.92. The summed E-state index contributed by atoms with van der Waals surface area (Å²) in [5, 5.41) is 10.7. The Morgan fingerprint density at radius 3 is 2.76 bits per heavy atom. The minimum atomic E-state index is 0.261. The van der Waals surface area contributed by atoms with Gasteiger partial charge in [0.05, 0.1) is 5.52 Å². The Balaban J connectivity index is 2.25. The molecule has 84 valence electrons. The van der Waals surface area contributed by atoms with E-state index in [0.717, 1.165) is 16.7 Å². The summed E-state index contributed by atoms with van der Waals surface area (Å²) in [6.07, 6.45) is 3.92. The lowest BCUT2D eigenvalue weighted by Crippen LogP contribution is -1.94. The Morgan fingerprint density at radius 2 is 2.00 bits per heavy atom. The molecule has 2 aromatic heterocycles. The molecule has 3 aromatic rings. The van der Waals surface area contributed by atoms with E-state index in [1.165, 1.54) is 5.56 Å². The van der Waals surface area contributed by atoms with E-state index in [2.05, 4.69) is 4.98 Å². The monoisotopic (exact) mass is 224 g/mol. The molecule has 0 aliphatic rings. The third-order valence-electron chi connectivity index (χ3n) is 2.79. The molecule has 2 heterocycles. The molecule has 17 heavy (non-hydrogen) atoms. The molecular formula is C14H12N2O. The normalized spacial score (nSPS) is 10.9. The summed E-state index contributed by atoms with van der Waals surface area (Å²) in [6.45, 7) is 2.03. The first kappa shape index (κ1) is 9.90. The number of benzene rings is 1. The molecule has 0 atom stereocenters. The van der Waals surface area contributed by atoms with Crippen LogP contribution in [-0.4, -0.2) is 14.7 Å². The molecule has 0 spiro atoms. The summed E-state index contributed by atoms with van der Waals surface area (Å²) in [6, 6.07) is 11.3. The molecule has 0 bridgehead atoms. The lowest BCUT2D eigenvalue weighted by atomic mass is 10.2. The molecule has 0 amide bonds. The standard InChI is InChI=1S/C14H12N2O/c1-10-6-7-16(9-10)14-8-13(17)11-4-2-3-5-12(11)15-14/h2-9H,1H3,(H,15,17). The van der Waals surface area contributed by atoms with E-state index in [1.54, 1.807) is 6.07 Å². The van der Waals surface area contributed by atoms with Crippen molar-refractivity contribution in [2.45, 2.75) is 6.92 Å². The molecule has 1 N–H and O–H groups in total. The van der Waals surface area contributed by atoms with Gasteiger partial charge in [0, 0.05) is 23.8 Å². The van der Waals surface area contributed by atoms with Crippen LogP contribution in [-0.2, 0) is 0 Å². The van der Waals surface area contributed by atoms with Crippen molar-refractivity contribution in [1.82, 2.24) is 9.55 Å². The maximum Gasteiger partial charge on any atom is 0.141 e. The largest absolute Gasteiger partial charge is 0.507 e. The van der Waals surface area contributed by atoms with E-state index in [4.69, 9.17) is 0 Å². The van der Waals surface area contributed by atoms with Crippen molar-refractivity contribution in [3.05, 3.63) is 54.4 Å². The van der Waals surface area contributed by atoms with Gasteiger partial charge in [-0.25, -0.2) is 4.98 Å². The molecule has 0 aliphatic heterocycles. The van der Waals surface area contributed by atoms with Gasteiger partial charge < -0.3 is 9.67 Å². The topological polar surface area (TPSA) is 38.0 Å². The van der Waals surface area contributed by atoms with Gasteiger partial charge in [0.2, 0.25) is 0 Å². The van der Waals surface area contributed by atoms with Crippen LogP contribution >= 0.6 is 0 Å². The Kier molecular flexibility index (Phi) is 2.11. The molecule has 0 saturated carbocycles. The maximum absolute atomic E-state index is 9.97. The van der Waals surface area contributed by atoms with E-state index in [0.29, 0.717) is 0 Å². The van der Waals surface area contributed by atoms with Crippen molar-refractivity contribution in [2.75, 3.05) is 0 Å². The number of fused-ring (bicyclic) bond motifs is 1. The molecule has 3 nitrogen and oxygen atoms in total. The van der Waals surface area contributed by atoms with Crippen LogP contribution in [0.2, 0.25) is 0 Å². The maximum atomic E-state index is 9.97. The minimum Gasteiger partial charge on any atom is -0.507 e. The summed E-state index contributed by atoms with van der Waals surface area (Å²) in [5.74, 6) is 0.992. The molecule has 0 radical (unpaired) electrons. The molecular weight excluding hydrogens is 212 g/mol. The van der Waals surface area contributed by atoms with Gasteiger partial charge in [0.25, 0.3) is 0 Å². The first-order chi connectivity index (χ1) is 8.24. The van der Waals surface area contributed by atoms with Crippen LogP contribution in [0.15, 0.2) is 48.8 Å². The molecule has 0 saturated heterocycles. The number of nitrogens with zero attached hydrogens (tertiary/aromatic N) is 2. The van der Waals surface area contributed by atoms with Crippen molar-refractivity contribution in [1.29, 1.82) is 0 Å². The van der Waals surface area contributed by atoms with Crippen molar-refractivity contribution in [3.8, 4) is 11.6 Å². The van der Waals surface area contributed by atoms with E-state index >= 15 is 0 Å². The van der Waals surface area contributed by atoms with Gasteiger partial charge in [-0.3, -0.25) is 0 Å². The van der Waals surface area contributed by atoms with Gasteiger partial charge >= 0.3 is 0 Å². The molecule has 0 fully saturated rings. The molecule has 3 rings (SSSR count). The van der Waals surface area contributed by atoms with Gasteiger partial charge in [0.1, 0.15) is 11.6 Å². The Bertz CT molecular complexity index is 686. The summed E-state index contributed by atoms with van der Waals surface area (Å²) in [4.78, 5) is 4.52. The fraction of sp³-hybridized carbons (Fsp3) is 0.0714. The van der Waals surface area contributed by atoms with Gasteiger partial charge in [0.15, 0.2) is 0 Å². The number of hydrogen-bond acceptors (Lipinski definition) is 2. The number of rotatable bonds is 1. The summed E-state index contributed by atoms with van der Waals surface area (Å²) in [5.41, 5.74) is 1.97. The van der Waals surface area contributed by atoms with Gasteiger partial charge in [-0.15, -0.1) is 0 Å². The fourth-order valence-electron chi connectivity index (χ4n) is 1.92. The first-order valence-electron chi connectivity index (χ1n) is 5.48. The molecule has 0 unspecified atom stereocenters. The highest BCUT2D eigenvalue weighted by Gasteiger charge is 2.05. The van der Waals surface area contributed by atoms with Crippen LogP contribution in [0.5, 0.6) is 5.75 Å². The second kappa shape index (κ2) is 3.63. The lowest BCUT2D eigenvalue weighted by molar-refractivity contribution is 0.481. The molecule has 0 aliphatic carbocycles. The zero-order valence-corrected chi connectivity index (χ0v) is 9.46. The number of para-hydroxylation sites is 1. The number of hydrogen-bond donors (Lipinski definition) is 1. The van der Waals surface area contributed by atoms with Crippen LogP contribution in [0.4, 0.5) is 0 Å². The van der Waals surface area contributed by atoms with Crippen LogP contribution < -0.4 is 0 Å². The number of aromatic nitrogens is 2. The van der Waals surface area contributed by atoms with Crippen LogP contribution in [0.25, 0.3) is 16.7 Å².